The molecule has 0 radical (unpaired) electrons. The Labute approximate surface area is 104 Å². The fourth-order valence-electron chi connectivity index (χ4n) is 1.88. The van der Waals surface area contributed by atoms with Crippen LogP contribution in [0, 0.1) is 0 Å². The molecule has 5 heteroatoms. The molecule has 18 heavy (non-hydrogen) atoms. The molecule has 5 nitrogen and oxygen atoms in total. The van der Waals surface area contributed by atoms with Crippen molar-refractivity contribution < 1.29 is 4.42 Å². The summed E-state index contributed by atoms with van der Waals surface area (Å²) >= 11 is 0. The second-order valence-corrected chi connectivity index (χ2v) is 4.22. The molecular weight excluding hydrogens is 228 g/mol. The second-order valence-electron chi connectivity index (χ2n) is 4.22. The summed E-state index contributed by atoms with van der Waals surface area (Å²) in [5.41, 5.74) is 0.917. The van der Waals surface area contributed by atoms with Gasteiger partial charge in [-0.05, 0) is 19.1 Å². The quantitative estimate of drug-likeness (QED) is 0.737. The highest BCUT2D eigenvalue weighted by molar-refractivity contribution is 5.77. The van der Waals surface area contributed by atoms with Crippen LogP contribution in [-0.4, -0.2) is 15.2 Å². The van der Waals surface area contributed by atoms with Gasteiger partial charge in [0.1, 0.15) is 23.5 Å². The molecule has 0 saturated heterocycles. The first-order valence-corrected chi connectivity index (χ1v) is 5.89. The van der Waals surface area contributed by atoms with E-state index in [0.717, 1.165) is 22.6 Å². The van der Waals surface area contributed by atoms with E-state index in [1.54, 1.807) is 0 Å². The maximum atomic E-state index is 5.79. The predicted molar refractivity (Wildman–Crippen MR) is 67.9 cm³/mol. The highest BCUT2D eigenvalue weighted by Crippen LogP contribution is 2.23. The van der Waals surface area contributed by atoms with Gasteiger partial charge in [-0.2, -0.15) is 5.10 Å². The van der Waals surface area contributed by atoms with Crippen molar-refractivity contribution in [2.45, 2.75) is 19.5 Å². The van der Waals surface area contributed by atoms with Crippen LogP contribution in [0.25, 0.3) is 11.0 Å². The number of aromatic amines is 1. The van der Waals surface area contributed by atoms with Crippen molar-refractivity contribution in [2.75, 3.05) is 0 Å². The molecule has 0 aliphatic carbocycles. The van der Waals surface area contributed by atoms with E-state index in [4.69, 9.17) is 4.42 Å². The minimum absolute atomic E-state index is 0.127. The van der Waals surface area contributed by atoms with E-state index in [-0.39, 0.29) is 6.04 Å². The molecular formula is C13H14N4O. The van der Waals surface area contributed by atoms with E-state index in [0.29, 0.717) is 6.54 Å². The zero-order valence-corrected chi connectivity index (χ0v) is 10.1. The number of H-pyrrole nitrogens is 1. The van der Waals surface area contributed by atoms with E-state index in [9.17, 15) is 0 Å². The lowest BCUT2D eigenvalue weighted by Crippen LogP contribution is -2.18. The number of rotatable bonds is 4. The number of nitrogens with zero attached hydrogens (tertiary/aromatic N) is 2. The molecule has 1 unspecified atom stereocenters. The summed E-state index contributed by atoms with van der Waals surface area (Å²) in [5.74, 6) is 1.74. The maximum Gasteiger partial charge on any atom is 0.138 e. The van der Waals surface area contributed by atoms with E-state index >= 15 is 0 Å². The number of furan rings is 1. The number of fused-ring (bicyclic) bond motifs is 1. The van der Waals surface area contributed by atoms with Crippen molar-refractivity contribution >= 4 is 11.0 Å². The van der Waals surface area contributed by atoms with Gasteiger partial charge in [-0.25, -0.2) is 4.98 Å². The molecule has 0 fully saturated rings. The molecule has 0 saturated carbocycles. The van der Waals surface area contributed by atoms with Crippen LogP contribution >= 0.6 is 0 Å². The Morgan fingerprint density at radius 3 is 3.06 bits per heavy atom. The Balaban J connectivity index is 1.73. The number of para-hydroxylation sites is 1. The third-order valence-corrected chi connectivity index (χ3v) is 2.91. The monoisotopic (exact) mass is 242 g/mol. The van der Waals surface area contributed by atoms with E-state index in [1.807, 2.05) is 24.3 Å². The summed E-state index contributed by atoms with van der Waals surface area (Å²) in [6, 6.07) is 10.2. The van der Waals surface area contributed by atoms with Gasteiger partial charge in [-0.3, -0.25) is 5.10 Å². The first-order chi connectivity index (χ1) is 8.83. The minimum atomic E-state index is 0.127. The van der Waals surface area contributed by atoms with Gasteiger partial charge in [-0.1, -0.05) is 18.2 Å². The molecule has 2 aromatic heterocycles. The molecule has 0 amide bonds. The standard InChI is InChI=1S/C13H14N4O/c1-9(14-7-13-15-8-16-17-13)12-6-10-4-2-3-5-11(10)18-12/h2-6,8-9,14H,7H2,1H3,(H,15,16,17). The van der Waals surface area contributed by atoms with Crippen molar-refractivity contribution in [1.82, 2.24) is 20.5 Å². The Kier molecular flexibility index (Phi) is 2.82. The van der Waals surface area contributed by atoms with Crippen LogP contribution in [-0.2, 0) is 6.54 Å². The van der Waals surface area contributed by atoms with Crippen LogP contribution in [0.2, 0.25) is 0 Å². The molecule has 0 aliphatic rings. The third kappa shape index (κ3) is 2.12. The number of hydrogen-bond donors (Lipinski definition) is 2. The van der Waals surface area contributed by atoms with E-state index < -0.39 is 0 Å². The van der Waals surface area contributed by atoms with Crippen molar-refractivity contribution in [3.63, 3.8) is 0 Å². The van der Waals surface area contributed by atoms with Gasteiger partial charge < -0.3 is 9.73 Å². The minimum Gasteiger partial charge on any atom is -0.459 e. The average Bonchev–Trinajstić information content (AvgIpc) is 3.04. The number of hydrogen-bond acceptors (Lipinski definition) is 4. The van der Waals surface area contributed by atoms with Crippen LogP contribution < -0.4 is 5.32 Å². The van der Waals surface area contributed by atoms with E-state index in [2.05, 4.69) is 33.5 Å². The van der Waals surface area contributed by atoms with E-state index in [1.165, 1.54) is 6.33 Å². The second kappa shape index (κ2) is 4.62. The molecule has 3 rings (SSSR count). The highest BCUT2D eigenvalue weighted by atomic mass is 16.3. The van der Waals surface area contributed by atoms with Gasteiger partial charge >= 0.3 is 0 Å². The normalized spacial score (nSPS) is 12.9. The van der Waals surface area contributed by atoms with Gasteiger partial charge in [0.15, 0.2) is 0 Å². The lowest BCUT2D eigenvalue weighted by molar-refractivity contribution is 0.447. The fraction of sp³-hybridized carbons (Fsp3) is 0.231. The third-order valence-electron chi connectivity index (χ3n) is 2.91. The molecule has 92 valence electrons. The van der Waals surface area contributed by atoms with Crippen LogP contribution in [0.5, 0.6) is 0 Å². The topological polar surface area (TPSA) is 66.7 Å². The van der Waals surface area contributed by atoms with Crippen molar-refractivity contribution in [2.24, 2.45) is 0 Å². The number of aromatic nitrogens is 3. The van der Waals surface area contributed by atoms with Crippen LogP contribution in [0.15, 0.2) is 41.1 Å². The first kappa shape index (κ1) is 11.0. The predicted octanol–water partition coefficient (Wildman–Crippen LogP) is 2.40. The van der Waals surface area contributed by atoms with Crippen LogP contribution in [0.4, 0.5) is 0 Å². The Morgan fingerprint density at radius 1 is 1.39 bits per heavy atom. The van der Waals surface area contributed by atoms with Gasteiger partial charge in [0, 0.05) is 5.39 Å². The summed E-state index contributed by atoms with van der Waals surface area (Å²) < 4.78 is 5.79. The van der Waals surface area contributed by atoms with Crippen molar-refractivity contribution in [3.8, 4) is 0 Å². The zero-order chi connectivity index (χ0) is 12.4. The molecule has 1 atom stereocenters. The molecule has 3 aromatic rings. The molecule has 2 heterocycles. The highest BCUT2D eigenvalue weighted by Gasteiger charge is 2.11. The summed E-state index contributed by atoms with van der Waals surface area (Å²) in [7, 11) is 0. The Hall–Kier alpha value is -2.14. The first-order valence-electron chi connectivity index (χ1n) is 5.89. The summed E-state index contributed by atoms with van der Waals surface area (Å²) in [5, 5.41) is 11.1. The lowest BCUT2D eigenvalue weighted by Gasteiger charge is -2.09. The van der Waals surface area contributed by atoms with Crippen LogP contribution in [0.3, 0.4) is 0 Å². The van der Waals surface area contributed by atoms with Crippen molar-refractivity contribution in [1.29, 1.82) is 0 Å². The number of nitrogens with one attached hydrogen (secondary N) is 2. The van der Waals surface area contributed by atoms with Gasteiger partial charge in [0.05, 0.1) is 12.6 Å². The SMILES string of the molecule is CC(NCc1ncn[nH]1)c1cc2ccccc2o1. The Bertz CT molecular complexity index is 596. The van der Waals surface area contributed by atoms with Crippen LogP contribution in [0.1, 0.15) is 24.6 Å². The van der Waals surface area contributed by atoms with Gasteiger partial charge in [-0.15, -0.1) is 0 Å². The molecule has 1 aromatic carbocycles. The maximum absolute atomic E-state index is 5.79. The van der Waals surface area contributed by atoms with Gasteiger partial charge in [0.25, 0.3) is 0 Å². The zero-order valence-electron chi connectivity index (χ0n) is 10.1. The van der Waals surface area contributed by atoms with Crippen molar-refractivity contribution in [3.05, 3.63) is 48.2 Å². The largest absolute Gasteiger partial charge is 0.459 e. The summed E-state index contributed by atoms with van der Waals surface area (Å²) in [4.78, 5) is 4.06. The summed E-state index contributed by atoms with van der Waals surface area (Å²) in [6.45, 7) is 2.70. The summed E-state index contributed by atoms with van der Waals surface area (Å²) in [6.07, 6.45) is 1.50. The molecule has 2 N–H and O–H groups in total. The fourth-order valence-corrected chi connectivity index (χ4v) is 1.88. The van der Waals surface area contributed by atoms with Gasteiger partial charge in [0.2, 0.25) is 0 Å². The Morgan fingerprint density at radius 2 is 2.28 bits per heavy atom. The molecule has 0 bridgehead atoms. The molecule has 0 spiro atoms. The average molecular weight is 242 g/mol. The smallest absolute Gasteiger partial charge is 0.138 e. The lowest BCUT2D eigenvalue weighted by atomic mass is 10.2. The number of benzene rings is 1. The molecule has 0 aliphatic heterocycles.